The third-order valence-electron chi connectivity index (χ3n) is 6.91. The molecule has 4 rings (SSSR count). The van der Waals surface area contributed by atoms with E-state index in [1.807, 2.05) is 6.92 Å². The summed E-state index contributed by atoms with van der Waals surface area (Å²) >= 11 is 0. The summed E-state index contributed by atoms with van der Waals surface area (Å²) in [5.74, 6) is 1.01. The SMILES string of the molecule is CCCOc1ccc(Cn2c(=O)[nH]c3ccc(OC(CF)CF)c(C4CCN(C=O)CC4)c3c2=O)cc1OC. The van der Waals surface area contributed by atoms with Crippen LogP contribution in [0.5, 0.6) is 17.2 Å². The van der Waals surface area contributed by atoms with E-state index in [-0.39, 0.29) is 23.6 Å². The lowest BCUT2D eigenvalue weighted by molar-refractivity contribution is -0.119. The zero-order valence-corrected chi connectivity index (χ0v) is 22.1. The van der Waals surface area contributed by atoms with Crippen LogP contribution in [0, 0.1) is 0 Å². The Kier molecular flexibility index (Phi) is 9.21. The molecule has 210 valence electrons. The fourth-order valence-corrected chi connectivity index (χ4v) is 4.90. The van der Waals surface area contributed by atoms with Crippen molar-refractivity contribution in [2.75, 3.05) is 40.2 Å². The van der Waals surface area contributed by atoms with E-state index in [0.717, 1.165) is 17.4 Å². The van der Waals surface area contributed by atoms with E-state index in [1.54, 1.807) is 23.1 Å². The number of nitrogens with zero attached hydrogens (tertiary/aromatic N) is 2. The van der Waals surface area contributed by atoms with Crippen LogP contribution in [0.4, 0.5) is 8.78 Å². The molecule has 0 radical (unpaired) electrons. The van der Waals surface area contributed by atoms with Crippen molar-refractivity contribution in [3.8, 4) is 17.2 Å². The number of aromatic nitrogens is 2. The molecule has 0 spiro atoms. The average Bonchev–Trinajstić information content (AvgIpc) is 2.97. The lowest BCUT2D eigenvalue weighted by Gasteiger charge is -2.31. The molecule has 1 saturated heterocycles. The zero-order valence-electron chi connectivity index (χ0n) is 22.1. The largest absolute Gasteiger partial charge is 0.493 e. The van der Waals surface area contributed by atoms with Crippen molar-refractivity contribution in [1.29, 1.82) is 0 Å². The molecule has 0 bridgehead atoms. The van der Waals surface area contributed by atoms with Gasteiger partial charge in [0, 0.05) is 18.7 Å². The molecule has 0 saturated carbocycles. The van der Waals surface area contributed by atoms with Gasteiger partial charge in [0.05, 0.1) is 31.2 Å². The average molecular weight is 546 g/mol. The Bertz CT molecular complexity index is 1410. The molecule has 3 aromatic rings. The number of likely N-dealkylation sites (tertiary alicyclic amines) is 1. The number of hydrogen-bond donors (Lipinski definition) is 1. The van der Waals surface area contributed by atoms with Crippen molar-refractivity contribution in [1.82, 2.24) is 14.5 Å². The van der Waals surface area contributed by atoms with E-state index in [1.165, 1.54) is 19.2 Å². The normalized spacial score (nSPS) is 14.1. The van der Waals surface area contributed by atoms with Gasteiger partial charge in [-0.05, 0) is 55.0 Å². The third kappa shape index (κ3) is 6.07. The number of carbonyl (C=O) groups excluding carboxylic acids is 1. The van der Waals surface area contributed by atoms with Gasteiger partial charge in [-0.3, -0.25) is 14.2 Å². The van der Waals surface area contributed by atoms with Gasteiger partial charge in [0.2, 0.25) is 6.41 Å². The number of alkyl halides is 2. The van der Waals surface area contributed by atoms with E-state index in [4.69, 9.17) is 14.2 Å². The van der Waals surface area contributed by atoms with Gasteiger partial charge < -0.3 is 24.1 Å². The third-order valence-corrected chi connectivity index (χ3v) is 6.91. The van der Waals surface area contributed by atoms with Gasteiger partial charge in [0.25, 0.3) is 5.56 Å². The van der Waals surface area contributed by atoms with Crippen LogP contribution in [-0.2, 0) is 11.3 Å². The number of H-pyrrole nitrogens is 1. The molecule has 1 amide bonds. The minimum atomic E-state index is -1.32. The molecular weight excluding hydrogens is 512 g/mol. The topological polar surface area (TPSA) is 103 Å². The second-order valence-electron chi connectivity index (χ2n) is 9.52. The predicted octanol–water partition coefficient (Wildman–Crippen LogP) is 3.56. The molecule has 1 aromatic heterocycles. The van der Waals surface area contributed by atoms with Crippen molar-refractivity contribution < 1.29 is 27.8 Å². The Balaban J connectivity index is 1.82. The van der Waals surface area contributed by atoms with Crippen molar-refractivity contribution in [2.45, 2.75) is 44.8 Å². The van der Waals surface area contributed by atoms with Crippen LogP contribution in [0.1, 0.15) is 43.2 Å². The lowest BCUT2D eigenvalue weighted by atomic mass is 9.86. The number of piperidine rings is 1. The minimum absolute atomic E-state index is 0.0414. The number of nitrogens with one attached hydrogen (secondary N) is 1. The standard InChI is InChI=1S/C28H33F2N3O6/c1-3-12-38-22-6-4-18(13-24(22)37-2)16-33-27(35)26-21(31-28(33)36)5-7-23(39-20(14-29)15-30)25(26)19-8-10-32(17-34)11-9-19/h4-7,13,17,19-20H,3,8-12,14-16H2,1-2H3,(H,31,36). The summed E-state index contributed by atoms with van der Waals surface area (Å²) in [6.07, 6.45) is 1.34. The van der Waals surface area contributed by atoms with E-state index in [2.05, 4.69) is 4.98 Å². The lowest BCUT2D eigenvalue weighted by Crippen LogP contribution is -2.37. The maximum atomic E-state index is 13.9. The molecule has 2 aromatic carbocycles. The van der Waals surface area contributed by atoms with E-state index >= 15 is 0 Å². The van der Waals surface area contributed by atoms with Gasteiger partial charge in [-0.15, -0.1) is 0 Å². The predicted molar refractivity (Wildman–Crippen MR) is 143 cm³/mol. The summed E-state index contributed by atoms with van der Waals surface area (Å²) in [5, 5.41) is 0.225. The summed E-state index contributed by atoms with van der Waals surface area (Å²) in [7, 11) is 1.51. The molecule has 39 heavy (non-hydrogen) atoms. The summed E-state index contributed by atoms with van der Waals surface area (Å²) in [5.41, 5.74) is 0.291. The summed E-state index contributed by atoms with van der Waals surface area (Å²) in [6, 6.07) is 8.24. The maximum Gasteiger partial charge on any atom is 0.329 e. The van der Waals surface area contributed by atoms with Crippen LogP contribution >= 0.6 is 0 Å². The molecular formula is C28H33F2N3O6. The number of amides is 1. The number of methoxy groups -OCH3 is 1. The van der Waals surface area contributed by atoms with E-state index < -0.39 is 30.7 Å². The molecule has 1 aliphatic rings. The van der Waals surface area contributed by atoms with Gasteiger partial charge >= 0.3 is 5.69 Å². The first-order valence-electron chi connectivity index (χ1n) is 13.0. The molecule has 11 heteroatoms. The minimum Gasteiger partial charge on any atom is -0.493 e. The Morgan fingerprint density at radius 3 is 2.44 bits per heavy atom. The van der Waals surface area contributed by atoms with E-state index in [9.17, 15) is 23.2 Å². The van der Waals surface area contributed by atoms with E-state index in [0.29, 0.717) is 60.7 Å². The second kappa shape index (κ2) is 12.8. The number of fused-ring (bicyclic) bond motifs is 1. The Morgan fingerprint density at radius 1 is 1.08 bits per heavy atom. The fourth-order valence-electron chi connectivity index (χ4n) is 4.90. The first-order chi connectivity index (χ1) is 18.9. The van der Waals surface area contributed by atoms with Crippen molar-refractivity contribution >= 4 is 17.3 Å². The first kappa shape index (κ1) is 28.1. The van der Waals surface area contributed by atoms with Crippen LogP contribution in [0.3, 0.4) is 0 Å². The van der Waals surface area contributed by atoms with Crippen LogP contribution in [0.15, 0.2) is 39.9 Å². The smallest absolute Gasteiger partial charge is 0.329 e. The number of benzene rings is 2. The maximum absolute atomic E-state index is 13.9. The zero-order chi connectivity index (χ0) is 27.9. The number of halogens is 2. The highest BCUT2D eigenvalue weighted by Gasteiger charge is 2.28. The summed E-state index contributed by atoms with van der Waals surface area (Å²) in [4.78, 5) is 42.6. The summed E-state index contributed by atoms with van der Waals surface area (Å²) < 4.78 is 44.7. The highest BCUT2D eigenvalue weighted by molar-refractivity contribution is 5.84. The quantitative estimate of drug-likeness (QED) is 0.349. The van der Waals surface area contributed by atoms with Crippen LogP contribution in [0.2, 0.25) is 0 Å². The Hall–Kier alpha value is -3.89. The molecule has 1 N–H and O–H groups in total. The van der Waals surface area contributed by atoms with Gasteiger partial charge in [0.15, 0.2) is 17.6 Å². The van der Waals surface area contributed by atoms with Gasteiger partial charge in [-0.2, -0.15) is 0 Å². The molecule has 9 nitrogen and oxygen atoms in total. The molecule has 1 fully saturated rings. The highest BCUT2D eigenvalue weighted by Crippen LogP contribution is 2.38. The number of hydrogen-bond acceptors (Lipinski definition) is 6. The Labute approximate surface area is 224 Å². The molecule has 1 aliphatic heterocycles. The summed E-state index contributed by atoms with van der Waals surface area (Å²) in [6.45, 7) is 1.32. The van der Waals surface area contributed by atoms with Crippen molar-refractivity contribution in [3.63, 3.8) is 0 Å². The first-order valence-corrected chi connectivity index (χ1v) is 13.0. The van der Waals surface area contributed by atoms with Crippen molar-refractivity contribution in [3.05, 3.63) is 62.3 Å². The van der Waals surface area contributed by atoms with Gasteiger partial charge in [-0.1, -0.05) is 13.0 Å². The number of ether oxygens (including phenoxy) is 3. The monoisotopic (exact) mass is 545 g/mol. The Morgan fingerprint density at radius 2 is 1.79 bits per heavy atom. The number of rotatable bonds is 12. The fraction of sp³-hybridized carbons (Fsp3) is 0.464. The molecule has 0 unspecified atom stereocenters. The van der Waals surface area contributed by atoms with Gasteiger partial charge in [0.1, 0.15) is 19.1 Å². The van der Waals surface area contributed by atoms with Gasteiger partial charge in [-0.25, -0.2) is 13.6 Å². The number of carbonyl (C=O) groups is 1. The number of aromatic amines is 1. The highest BCUT2D eigenvalue weighted by atomic mass is 19.1. The van der Waals surface area contributed by atoms with Crippen molar-refractivity contribution in [2.24, 2.45) is 0 Å². The van der Waals surface area contributed by atoms with Crippen LogP contribution in [0.25, 0.3) is 10.9 Å². The second-order valence-corrected chi connectivity index (χ2v) is 9.52. The molecule has 0 atom stereocenters. The molecule has 0 aliphatic carbocycles. The van der Waals surface area contributed by atoms with Crippen LogP contribution in [-0.4, -0.2) is 67.1 Å². The van der Waals surface area contributed by atoms with Crippen LogP contribution < -0.4 is 25.5 Å². The molecule has 2 heterocycles.